The summed E-state index contributed by atoms with van der Waals surface area (Å²) in [5.41, 5.74) is 1.65. The van der Waals surface area contributed by atoms with Crippen LogP contribution < -0.4 is 5.32 Å². The van der Waals surface area contributed by atoms with E-state index in [2.05, 4.69) is 39.3 Å². The molecule has 2 rings (SSSR count). The van der Waals surface area contributed by atoms with Gasteiger partial charge in [0.05, 0.1) is 11.3 Å². The highest BCUT2D eigenvalue weighted by molar-refractivity contribution is 9.10. The minimum absolute atomic E-state index is 0.706. The van der Waals surface area contributed by atoms with Crippen molar-refractivity contribution in [2.45, 2.75) is 19.3 Å². The normalized spacial score (nSPS) is 17.1. The fourth-order valence-electron chi connectivity index (χ4n) is 2.52. The Morgan fingerprint density at radius 3 is 2.84 bits per heavy atom. The summed E-state index contributed by atoms with van der Waals surface area (Å²) in [6.45, 7) is 3.38. The third-order valence-electron chi connectivity index (χ3n) is 3.81. The number of nitrogens with zero attached hydrogens (tertiary/aromatic N) is 2. The van der Waals surface area contributed by atoms with Gasteiger partial charge in [-0.2, -0.15) is 5.26 Å². The Labute approximate surface area is 123 Å². The monoisotopic (exact) mass is 321 g/mol. The molecule has 102 valence electrons. The Hall–Kier alpha value is -1.05. The first-order valence-electron chi connectivity index (χ1n) is 6.81. The number of halogens is 1. The van der Waals surface area contributed by atoms with Gasteiger partial charge in [0.15, 0.2) is 0 Å². The molecule has 0 aromatic heterocycles. The zero-order valence-corrected chi connectivity index (χ0v) is 12.9. The number of hydrogen-bond donors (Lipinski definition) is 1. The molecule has 0 unspecified atom stereocenters. The highest BCUT2D eigenvalue weighted by Crippen LogP contribution is 2.22. The van der Waals surface area contributed by atoms with Crippen LogP contribution in [0.5, 0.6) is 0 Å². The zero-order chi connectivity index (χ0) is 13.7. The lowest BCUT2D eigenvalue weighted by Crippen LogP contribution is -2.30. The number of hydrogen-bond acceptors (Lipinski definition) is 3. The predicted molar refractivity (Wildman–Crippen MR) is 82.2 cm³/mol. The second kappa shape index (κ2) is 6.93. The summed E-state index contributed by atoms with van der Waals surface area (Å²) in [6, 6.07) is 8.03. The van der Waals surface area contributed by atoms with Gasteiger partial charge in [0.25, 0.3) is 0 Å². The minimum Gasteiger partial charge on any atom is -0.384 e. The maximum absolute atomic E-state index is 9.10. The number of anilines is 1. The van der Waals surface area contributed by atoms with Gasteiger partial charge in [0.2, 0.25) is 0 Å². The van der Waals surface area contributed by atoms with Gasteiger partial charge in [-0.3, -0.25) is 0 Å². The van der Waals surface area contributed by atoms with Crippen LogP contribution in [-0.4, -0.2) is 31.6 Å². The van der Waals surface area contributed by atoms with E-state index in [4.69, 9.17) is 5.26 Å². The molecule has 1 heterocycles. The summed E-state index contributed by atoms with van der Waals surface area (Å²) in [6.07, 6.45) is 3.78. The van der Waals surface area contributed by atoms with Crippen molar-refractivity contribution in [3.8, 4) is 6.07 Å². The molecule has 0 radical (unpaired) electrons. The average molecular weight is 322 g/mol. The first-order valence-corrected chi connectivity index (χ1v) is 7.60. The topological polar surface area (TPSA) is 39.1 Å². The van der Waals surface area contributed by atoms with Crippen molar-refractivity contribution in [2.75, 3.05) is 32.0 Å². The first kappa shape index (κ1) is 14.4. The van der Waals surface area contributed by atoms with Gasteiger partial charge in [-0.25, -0.2) is 0 Å². The second-order valence-corrected chi connectivity index (χ2v) is 6.18. The Morgan fingerprint density at radius 2 is 2.16 bits per heavy atom. The Bertz CT molecular complexity index is 459. The molecular formula is C15H20BrN3. The molecule has 1 aromatic carbocycles. The number of nitriles is 1. The van der Waals surface area contributed by atoms with Gasteiger partial charge < -0.3 is 10.2 Å². The van der Waals surface area contributed by atoms with E-state index in [0.29, 0.717) is 5.56 Å². The largest absolute Gasteiger partial charge is 0.384 e. The summed E-state index contributed by atoms with van der Waals surface area (Å²) < 4.78 is 0.949. The highest BCUT2D eigenvalue weighted by atomic mass is 79.9. The summed E-state index contributed by atoms with van der Waals surface area (Å²) >= 11 is 3.39. The molecule has 3 nitrogen and oxygen atoms in total. The van der Waals surface area contributed by atoms with Crippen molar-refractivity contribution >= 4 is 21.6 Å². The van der Waals surface area contributed by atoms with Crippen molar-refractivity contribution in [2.24, 2.45) is 5.92 Å². The predicted octanol–water partition coefficient (Wildman–Crippen LogP) is 3.46. The second-order valence-electron chi connectivity index (χ2n) is 5.26. The fraction of sp³-hybridized carbons (Fsp3) is 0.533. The number of likely N-dealkylation sites (tertiary alicyclic amines) is 1. The van der Waals surface area contributed by atoms with Crippen LogP contribution >= 0.6 is 15.9 Å². The third kappa shape index (κ3) is 4.22. The third-order valence-corrected chi connectivity index (χ3v) is 4.30. The molecule has 1 N–H and O–H groups in total. The van der Waals surface area contributed by atoms with E-state index < -0.39 is 0 Å². The van der Waals surface area contributed by atoms with E-state index in [1.165, 1.54) is 32.4 Å². The van der Waals surface area contributed by atoms with E-state index in [9.17, 15) is 0 Å². The van der Waals surface area contributed by atoms with Crippen LogP contribution in [0.25, 0.3) is 0 Å². The highest BCUT2D eigenvalue weighted by Gasteiger charge is 2.16. The average Bonchev–Trinajstić information content (AvgIpc) is 2.42. The van der Waals surface area contributed by atoms with Gasteiger partial charge in [0, 0.05) is 11.0 Å². The summed E-state index contributed by atoms with van der Waals surface area (Å²) in [5.74, 6) is 0.824. The molecule has 4 heteroatoms. The molecule has 0 aliphatic carbocycles. The lowest BCUT2D eigenvalue weighted by Gasteiger charge is -2.29. The Balaban J connectivity index is 1.81. The molecule has 1 aliphatic rings. The molecule has 0 spiro atoms. The van der Waals surface area contributed by atoms with Crippen molar-refractivity contribution in [3.63, 3.8) is 0 Å². The number of piperidine rings is 1. The van der Waals surface area contributed by atoms with Crippen molar-refractivity contribution < 1.29 is 0 Å². The molecule has 0 atom stereocenters. The SMILES string of the molecule is CN1CCC(CCNc2ccc(Br)cc2C#N)CC1. The van der Waals surface area contributed by atoms with Crippen LogP contribution in [0.15, 0.2) is 22.7 Å². The van der Waals surface area contributed by atoms with Crippen molar-refractivity contribution in [3.05, 3.63) is 28.2 Å². The van der Waals surface area contributed by atoms with Crippen molar-refractivity contribution in [1.29, 1.82) is 5.26 Å². The summed E-state index contributed by atoms with van der Waals surface area (Å²) in [5, 5.41) is 12.5. The van der Waals surface area contributed by atoms with Crippen molar-refractivity contribution in [1.82, 2.24) is 4.90 Å². The summed E-state index contributed by atoms with van der Waals surface area (Å²) in [7, 11) is 2.19. The first-order chi connectivity index (χ1) is 9.19. The molecule has 0 saturated carbocycles. The van der Waals surface area contributed by atoms with Crippen LogP contribution in [-0.2, 0) is 0 Å². The zero-order valence-electron chi connectivity index (χ0n) is 11.3. The maximum atomic E-state index is 9.10. The number of benzene rings is 1. The lowest BCUT2D eigenvalue weighted by atomic mass is 9.94. The van der Waals surface area contributed by atoms with E-state index in [1.807, 2.05) is 18.2 Å². The van der Waals surface area contributed by atoms with Crippen LogP contribution in [0.3, 0.4) is 0 Å². The lowest BCUT2D eigenvalue weighted by molar-refractivity contribution is 0.215. The molecule has 1 fully saturated rings. The quantitative estimate of drug-likeness (QED) is 0.923. The van der Waals surface area contributed by atoms with E-state index in [1.54, 1.807) is 0 Å². The maximum Gasteiger partial charge on any atom is 0.101 e. The summed E-state index contributed by atoms with van der Waals surface area (Å²) in [4.78, 5) is 2.40. The van der Waals surface area contributed by atoms with Gasteiger partial charge in [-0.05, 0) is 63.5 Å². The van der Waals surface area contributed by atoms with Gasteiger partial charge >= 0.3 is 0 Å². The fourth-order valence-corrected chi connectivity index (χ4v) is 2.89. The Morgan fingerprint density at radius 1 is 1.42 bits per heavy atom. The number of rotatable bonds is 4. The smallest absolute Gasteiger partial charge is 0.101 e. The molecule has 1 saturated heterocycles. The number of nitrogens with one attached hydrogen (secondary N) is 1. The van der Waals surface area contributed by atoms with E-state index in [0.717, 1.165) is 22.6 Å². The molecule has 1 aliphatic heterocycles. The standard InChI is InChI=1S/C15H20BrN3/c1-19-8-5-12(6-9-19)4-7-18-15-3-2-14(16)10-13(15)11-17/h2-3,10,12,18H,4-9H2,1H3. The van der Waals surface area contributed by atoms with E-state index >= 15 is 0 Å². The minimum atomic E-state index is 0.706. The van der Waals surface area contributed by atoms with Crippen LogP contribution in [0.4, 0.5) is 5.69 Å². The molecule has 19 heavy (non-hydrogen) atoms. The van der Waals surface area contributed by atoms with Crippen LogP contribution in [0, 0.1) is 17.2 Å². The van der Waals surface area contributed by atoms with E-state index in [-0.39, 0.29) is 0 Å². The molecular weight excluding hydrogens is 302 g/mol. The molecule has 0 amide bonds. The van der Waals surface area contributed by atoms with Gasteiger partial charge in [-0.1, -0.05) is 15.9 Å². The Kier molecular flexibility index (Phi) is 5.24. The van der Waals surface area contributed by atoms with Gasteiger partial charge in [0.1, 0.15) is 6.07 Å². The molecule has 1 aromatic rings. The van der Waals surface area contributed by atoms with Gasteiger partial charge in [-0.15, -0.1) is 0 Å². The van der Waals surface area contributed by atoms with Crippen LogP contribution in [0.1, 0.15) is 24.8 Å². The molecule has 0 bridgehead atoms. The van der Waals surface area contributed by atoms with Crippen LogP contribution in [0.2, 0.25) is 0 Å².